The van der Waals surface area contributed by atoms with Gasteiger partial charge in [0, 0.05) is 24.2 Å². The average molecular weight is 389 g/mol. The number of rotatable bonds is 6. The van der Waals surface area contributed by atoms with Crippen molar-refractivity contribution in [1.29, 1.82) is 0 Å². The minimum absolute atomic E-state index is 0.0574. The first-order valence-corrected chi connectivity index (χ1v) is 10.4. The second-order valence-corrected chi connectivity index (χ2v) is 7.48. The van der Waals surface area contributed by atoms with Gasteiger partial charge in [0.2, 0.25) is 5.89 Å². The molecule has 0 radical (unpaired) electrons. The van der Waals surface area contributed by atoms with Crippen LogP contribution in [0.5, 0.6) is 0 Å². The first-order valence-electron chi connectivity index (χ1n) is 10.4. The Morgan fingerprint density at radius 1 is 1.10 bits per heavy atom. The van der Waals surface area contributed by atoms with Crippen LogP contribution in [0.1, 0.15) is 30.1 Å². The van der Waals surface area contributed by atoms with E-state index in [-0.39, 0.29) is 5.91 Å². The number of hydrogen-bond acceptors (Lipinski definition) is 4. The van der Waals surface area contributed by atoms with Gasteiger partial charge < -0.3 is 14.6 Å². The van der Waals surface area contributed by atoms with Gasteiger partial charge in [0.1, 0.15) is 0 Å². The van der Waals surface area contributed by atoms with E-state index in [2.05, 4.69) is 17.2 Å². The Morgan fingerprint density at radius 2 is 1.83 bits per heavy atom. The molecule has 4 rings (SSSR count). The maximum atomic E-state index is 13.2. The highest BCUT2D eigenvalue weighted by molar-refractivity contribution is 6.00. The van der Waals surface area contributed by atoms with Crippen LogP contribution in [0.25, 0.3) is 22.8 Å². The van der Waals surface area contributed by atoms with E-state index in [1.807, 2.05) is 59.5 Å². The molecule has 1 amide bonds. The van der Waals surface area contributed by atoms with E-state index in [1.54, 1.807) is 6.20 Å². The molecule has 150 valence electrons. The summed E-state index contributed by atoms with van der Waals surface area (Å²) in [7, 11) is 0. The molecule has 0 unspecified atom stereocenters. The number of piperidine rings is 1. The van der Waals surface area contributed by atoms with Gasteiger partial charge >= 0.3 is 0 Å². The molecule has 0 aliphatic carbocycles. The van der Waals surface area contributed by atoms with Crippen molar-refractivity contribution in [2.45, 2.75) is 19.8 Å². The fourth-order valence-corrected chi connectivity index (χ4v) is 3.85. The molecule has 29 heavy (non-hydrogen) atoms. The summed E-state index contributed by atoms with van der Waals surface area (Å²) in [5, 5.41) is 3.42. The summed E-state index contributed by atoms with van der Waals surface area (Å²) in [5.74, 6) is 1.89. The lowest BCUT2D eigenvalue weighted by Gasteiger charge is -2.32. The van der Waals surface area contributed by atoms with Crippen molar-refractivity contribution in [1.82, 2.24) is 15.2 Å². The SMILES string of the molecule is CCNCC1CCN(C(=O)c2ccccc2-c2ncc(-c3ccccc3)o2)CC1. The first kappa shape index (κ1) is 19.4. The quantitative estimate of drug-likeness (QED) is 0.676. The monoisotopic (exact) mass is 389 g/mol. The van der Waals surface area contributed by atoms with Crippen LogP contribution < -0.4 is 5.32 Å². The van der Waals surface area contributed by atoms with Gasteiger partial charge in [-0.3, -0.25) is 4.79 Å². The fraction of sp³-hybridized carbons (Fsp3) is 0.333. The normalized spacial score (nSPS) is 14.9. The van der Waals surface area contributed by atoms with Crippen LogP contribution in [0.2, 0.25) is 0 Å². The summed E-state index contributed by atoms with van der Waals surface area (Å²) in [6, 6.07) is 17.5. The topological polar surface area (TPSA) is 58.4 Å². The maximum absolute atomic E-state index is 13.2. The number of hydrogen-bond donors (Lipinski definition) is 1. The number of nitrogens with one attached hydrogen (secondary N) is 1. The lowest BCUT2D eigenvalue weighted by molar-refractivity contribution is 0.0691. The highest BCUT2D eigenvalue weighted by Crippen LogP contribution is 2.29. The van der Waals surface area contributed by atoms with Crippen LogP contribution in [-0.4, -0.2) is 42.0 Å². The van der Waals surface area contributed by atoms with E-state index in [0.717, 1.165) is 50.1 Å². The van der Waals surface area contributed by atoms with Crippen molar-refractivity contribution in [3.63, 3.8) is 0 Å². The number of nitrogens with zero attached hydrogens (tertiary/aromatic N) is 2. The third-order valence-electron chi connectivity index (χ3n) is 5.54. The minimum Gasteiger partial charge on any atom is -0.436 e. The molecule has 1 aromatic heterocycles. The lowest BCUT2D eigenvalue weighted by atomic mass is 9.95. The number of carbonyl (C=O) groups is 1. The third kappa shape index (κ3) is 4.40. The van der Waals surface area contributed by atoms with Crippen LogP contribution in [0.15, 0.2) is 65.2 Å². The van der Waals surface area contributed by atoms with Gasteiger partial charge in [0.05, 0.1) is 11.8 Å². The summed E-state index contributed by atoms with van der Waals surface area (Å²) in [6.45, 7) is 5.75. The molecule has 5 nitrogen and oxygen atoms in total. The number of likely N-dealkylation sites (tertiary alicyclic amines) is 1. The highest BCUT2D eigenvalue weighted by Gasteiger charge is 2.26. The number of aromatic nitrogens is 1. The van der Waals surface area contributed by atoms with Crippen molar-refractivity contribution in [2.24, 2.45) is 5.92 Å². The third-order valence-corrected chi connectivity index (χ3v) is 5.54. The Balaban J connectivity index is 1.52. The van der Waals surface area contributed by atoms with Gasteiger partial charge in [0.15, 0.2) is 5.76 Å². The molecule has 1 fully saturated rings. The van der Waals surface area contributed by atoms with Crippen LogP contribution in [0.4, 0.5) is 0 Å². The van der Waals surface area contributed by atoms with Gasteiger partial charge in [-0.1, -0.05) is 49.4 Å². The van der Waals surface area contributed by atoms with E-state index >= 15 is 0 Å². The molecule has 1 aliphatic heterocycles. The summed E-state index contributed by atoms with van der Waals surface area (Å²) in [5.41, 5.74) is 2.37. The molecule has 5 heteroatoms. The molecule has 0 spiro atoms. The number of carbonyl (C=O) groups excluding carboxylic acids is 1. The van der Waals surface area contributed by atoms with Crippen molar-refractivity contribution in [2.75, 3.05) is 26.2 Å². The van der Waals surface area contributed by atoms with E-state index in [0.29, 0.717) is 23.1 Å². The smallest absolute Gasteiger partial charge is 0.254 e. The molecule has 1 aliphatic rings. The van der Waals surface area contributed by atoms with Gasteiger partial charge in [0.25, 0.3) is 5.91 Å². The zero-order valence-corrected chi connectivity index (χ0v) is 16.8. The number of oxazole rings is 1. The van der Waals surface area contributed by atoms with Crippen molar-refractivity contribution >= 4 is 5.91 Å². The molecular formula is C24H27N3O2. The molecule has 2 aromatic carbocycles. The van der Waals surface area contributed by atoms with E-state index in [4.69, 9.17) is 4.42 Å². The van der Waals surface area contributed by atoms with E-state index in [1.165, 1.54) is 0 Å². The molecule has 1 saturated heterocycles. The molecule has 2 heterocycles. The zero-order chi connectivity index (χ0) is 20.1. The fourth-order valence-electron chi connectivity index (χ4n) is 3.85. The summed E-state index contributed by atoms with van der Waals surface area (Å²) in [6.07, 6.45) is 3.80. The molecule has 3 aromatic rings. The standard InChI is InChI=1S/C24H27N3O2/c1-2-25-16-18-12-14-27(15-13-18)24(28)21-11-7-6-10-20(21)23-26-17-22(29-23)19-8-4-3-5-9-19/h3-11,17-18,25H,2,12-16H2,1H3. The van der Waals surface area contributed by atoms with Crippen molar-refractivity contribution in [3.05, 3.63) is 66.4 Å². The molecular weight excluding hydrogens is 362 g/mol. The van der Waals surface area contributed by atoms with Crippen LogP contribution >= 0.6 is 0 Å². The molecule has 0 saturated carbocycles. The Labute approximate surface area is 171 Å². The van der Waals surface area contributed by atoms with Gasteiger partial charge in [-0.15, -0.1) is 0 Å². The summed E-state index contributed by atoms with van der Waals surface area (Å²) < 4.78 is 6.01. The van der Waals surface area contributed by atoms with Gasteiger partial charge in [-0.05, 0) is 44.0 Å². The van der Waals surface area contributed by atoms with Crippen molar-refractivity contribution in [3.8, 4) is 22.8 Å². The second-order valence-electron chi connectivity index (χ2n) is 7.48. The minimum atomic E-state index is 0.0574. The Morgan fingerprint density at radius 3 is 2.59 bits per heavy atom. The summed E-state index contributed by atoms with van der Waals surface area (Å²) in [4.78, 5) is 19.6. The Hall–Kier alpha value is -2.92. The maximum Gasteiger partial charge on any atom is 0.254 e. The largest absolute Gasteiger partial charge is 0.436 e. The predicted octanol–water partition coefficient (Wildman–Crippen LogP) is 4.47. The number of benzene rings is 2. The number of amides is 1. The van der Waals surface area contributed by atoms with E-state index < -0.39 is 0 Å². The Kier molecular flexibility index (Phi) is 6.06. The van der Waals surface area contributed by atoms with Crippen molar-refractivity contribution < 1.29 is 9.21 Å². The van der Waals surface area contributed by atoms with Crippen LogP contribution in [0, 0.1) is 5.92 Å². The van der Waals surface area contributed by atoms with Gasteiger partial charge in [-0.2, -0.15) is 0 Å². The molecule has 1 N–H and O–H groups in total. The van der Waals surface area contributed by atoms with Gasteiger partial charge in [-0.25, -0.2) is 4.98 Å². The first-order chi connectivity index (χ1) is 14.3. The van der Waals surface area contributed by atoms with Crippen LogP contribution in [-0.2, 0) is 0 Å². The lowest BCUT2D eigenvalue weighted by Crippen LogP contribution is -2.40. The predicted molar refractivity (Wildman–Crippen MR) is 115 cm³/mol. The average Bonchev–Trinajstić information content (AvgIpc) is 3.28. The molecule has 0 bridgehead atoms. The van der Waals surface area contributed by atoms with E-state index in [9.17, 15) is 4.79 Å². The summed E-state index contributed by atoms with van der Waals surface area (Å²) >= 11 is 0. The second kappa shape index (κ2) is 9.05. The Bertz CT molecular complexity index is 944. The highest BCUT2D eigenvalue weighted by atomic mass is 16.4. The molecule has 0 atom stereocenters. The van der Waals surface area contributed by atoms with Crippen LogP contribution in [0.3, 0.4) is 0 Å². The zero-order valence-electron chi connectivity index (χ0n) is 16.8.